The van der Waals surface area contributed by atoms with Gasteiger partial charge in [-0.3, -0.25) is 14.3 Å². The Kier molecular flexibility index (Phi) is 3.91. The number of halogens is 1. The van der Waals surface area contributed by atoms with Gasteiger partial charge in [-0.25, -0.2) is 4.98 Å². The molecule has 0 fully saturated rings. The van der Waals surface area contributed by atoms with E-state index in [-0.39, 0.29) is 5.56 Å². The van der Waals surface area contributed by atoms with E-state index in [0.717, 1.165) is 5.56 Å². The summed E-state index contributed by atoms with van der Waals surface area (Å²) in [6.07, 6.45) is 4.98. The topological polar surface area (TPSA) is 47.8 Å². The predicted molar refractivity (Wildman–Crippen MR) is 74.3 cm³/mol. The Morgan fingerprint density at radius 3 is 2.83 bits per heavy atom. The van der Waals surface area contributed by atoms with Crippen molar-refractivity contribution in [2.45, 2.75) is 20.4 Å². The van der Waals surface area contributed by atoms with Crippen molar-refractivity contribution in [1.82, 2.24) is 14.5 Å². The molecule has 0 saturated heterocycles. The van der Waals surface area contributed by atoms with E-state index in [0.29, 0.717) is 22.6 Å². The quantitative estimate of drug-likeness (QED) is 0.876. The predicted octanol–water partition coefficient (Wildman–Crippen LogP) is 2.72. The number of aromatic nitrogens is 3. The third kappa shape index (κ3) is 2.67. The van der Waals surface area contributed by atoms with Crippen molar-refractivity contribution in [2.24, 2.45) is 5.92 Å². The minimum atomic E-state index is -0.0578. The van der Waals surface area contributed by atoms with Crippen LogP contribution in [0.3, 0.4) is 0 Å². The highest BCUT2D eigenvalue weighted by molar-refractivity contribution is 9.10. The SMILES string of the molecule is CC(C)Cn1cnc(-c2cccnc2)c(Br)c1=O. The number of pyridine rings is 1. The lowest BCUT2D eigenvalue weighted by molar-refractivity contribution is 0.504. The minimum Gasteiger partial charge on any atom is -0.298 e. The van der Waals surface area contributed by atoms with Crippen LogP contribution in [0.4, 0.5) is 0 Å². The van der Waals surface area contributed by atoms with E-state index in [1.807, 2.05) is 12.1 Å². The Morgan fingerprint density at radius 1 is 1.44 bits per heavy atom. The second-order valence-electron chi connectivity index (χ2n) is 4.50. The van der Waals surface area contributed by atoms with Gasteiger partial charge in [-0.15, -0.1) is 0 Å². The van der Waals surface area contributed by atoms with E-state index in [1.54, 1.807) is 23.3 Å². The molecule has 0 radical (unpaired) electrons. The molecule has 2 aromatic heterocycles. The first-order chi connectivity index (χ1) is 8.59. The standard InChI is InChI=1S/C13H14BrN3O/c1-9(2)7-17-8-16-12(11(14)13(17)18)10-4-3-5-15-6-10/h3-6,8-9H,7H2,1-2H3. The molecule has 18 heavy (non-hydrogen) atoms. The molecule has 0 aromatic carbocycles. The highest BCUT2D eigenvalue weighted by Gasteiger charge is 2.11. The van der Waals surface area contributed by atoms with Crippen molar-refractivity contribution in [3.05, 3.63) is 45.7 Å². The van der Waals surface area contributed by atoms with Gasteiger partial charge in [0.15, 0.2) is 0 Å². The van der Waals surface area contributed by atoms with Crippen LogP contribution in [0.2, 0.25) is 0 Å². The van der Waals surface area contributed by atoms with E-state index in [1.165, 1.54) is 0 Å². The summed E-state index contributed by atoms with van der Waals surface area (Å²) >= 11 is 3.33. The molecule has 0 spiro atoms. The van der Waals surface area contributed by atoms with Gasteiger partial charge in [0.1, 0.15) is 4.47 Å². The molecule has 0 saturated carbocycles. The van der Waals surface area contributed by atoms with E-state index in [9.17, 15) is 4.79 Å². The Hall–Kier alpha value is -1.49. The van der Waals surface area contributed by atoms with Crippen molar-refractivity contribution < 1.29 is 0 Å². The molecule has 0 bridgehead atoms. The van der Waals surface area contributed by atoms with Crippen LogP contribution in [0.1, 0.15) is 13.8 Å². The van der Waals surface area contributed by atoms with Gasteiger partial charge in [-0.2, -0.15) is 0 Å². The summed E-state index contributed by atoms with van der Waals surface area (Å²) in [5.74, 6) is 0.403. The van der Waals surface area contributed by atoms with Crippen LogP contribution in [-0.2, 0) is 6.54 Å². The summed E-state index contributed by atoms with van der Waals surface area (Å²) < 4.78 is 2.10. The van der Waals surface area contributed by atoms with Crippen molar-refractivity contribution in [3.8, 4) is 11.3 Å². The first-order valence-corrected chi connectivity index (χ1v) is 6.54. The number of hydrogen-bond donors (Lipinski definition) is 0. The maximum Gasteiger partial charge on any atom is 0.268 e. The first kappa shape index (κ1) is 13.0. The van der Waals surface area contributed by atoms with Crippen LogP contribution in [-0.4, -0.2) is 14.5 Å². The molecule has 0 aliphatic carbocycles. The van der Waals surface area contributed by atoms with Crippen molar-refractivity contribution in [1.29, 1.82) is 0 Å². The molecule has 0 unspecified atom stereocenters. The van der Waals surface area contributed by atoms with Crippen LogP contribution < -0.4 is 5.56 Å². The molecular formula is C13H14BrN3O. The third-order valence-electron chi connectivity index (χ3n) is 2.48. The fraction of sp³-hybridized carbons (Fsp3) is 0.308. The van der Waals surface area contributed by atoms with Crippen LogP contribution in [0.5, 0.6) is 0 Å². The van der Waals surface area contributed by atoms with Crippen LogP contribution in [0.25, 0.3) is 11.3 Å². The summed E-state index contributed by atoms with van der Waals surface area (Å²) in [6, 6.07) is 3.70. The first-order valence-electron chi connectivity index (χ1n) is 5.75. The highest BCUT2D eigenvalue weighted by atomic mass is 79.9. The van der Waals surface area contributed by atoms with E-state index in [2.05, 4.69) is 39.7 Å². The fourth-order valence-corrected chi connectivity index (χ4v) is 2.25. The highest BCUT2D eigenvalue weighted by Crippen LogP contribution is 2.21. The summed E-state index contributed by atoms with van der Waals surface area (Å²) in [7, 11) is 0. The Balaban J connectivity index is 2.48. The zero-order chi connectivity index (χ0) is 13.1. The molecule has 0 atom stereocenters. The zero-order valence-corrected chi connectivity index (χ0v) is 11.9. The molecular weight excluding hydrogens is 294 g/mol. The molecule has 4 nitrogen and oxygen atoms in total. The summed E-state index contributed by atoms with van der Waals surface area (Å²) in [5, 5.41) is 0. The Labute approximate surface area is 114 Å². The van der Waals surface area contributed by atoms with Crippen molar-refractivity contribution in [3.63, 3.8) is 0 Å². The molecule has 5 heteroatoms. The summed E-state index contributed by atoms with van der Waals surface area (Å²) in [4.78, 5) is 20.5. The lowest BCUT2D eigenvalue weighted by Crippen LogP contribution is -2.24. The van der Waals surface area contributed by atoms with E-state index < -0.39 is 0 Å². The van der Waals surface area contributed by atoms with Crippen LogP contribution in [0, 0.1) is 5.92 Å². The molecule has 2 aromatic rings. The average molecular weight is 308 g/mol. The van der Waals surface area contributed by atoms with Gasteiger partial charge in [0, 0.05) is 24.5 Å². The second-order valence-corrected chi connectivity index (χ2v) is 5.29. The monoisotopic (exact) mass is 307 g/mol. The van der Waals surface area contributed by atoms with E-state index >= 15 is 0 Å². The lowest BCUT2D eigenvalue weighted by atomic mass is 10.2. The molecule has 94 valence electrons. The maximum atomic E-state index is 12.2. The molecule has 0 aliphatic heterocycles. The normalized spacial score (nSPS) is 10.9. The molecule has 0 N–H and O–H groups in total. The largest absolute Gasteiger partial charge is 0.298 e. The van der Waals surface area contributed by atoms with Gasteiger partial charge in [-0.1, -0.05) is 13.8 Å². The number of hydrogen-bond acceptors (Lipinski definition) is 3. The lowest BCUT2D eigenvalue weighted by Gasteiger charge is -2.10. The smallest absolute Gasteiger partial charge is 0.268 e. The van der Waals surface area contributed by atoms with Crippen LogP contribution >= 0.6 is 15.9 Å². The molecule has 2 heterocycles. The van der Waals surface area contributed by atoms with Gasteiger partial charge < -0.3 is 0 Å². The van der Waals surface area contributed by atoms with E-state index in [4.69, 9.17) is 0 Å². The molecule has 0 amide bonds. The van der Waals surface area contributed by atoms with Gasteiger partial charge in [0.2, 0.25) is 0 Å². The average Bonchev–Trinajstić information content (AvgIpc) is 2.36. The van der Waals surface area contributed by atoms with Crippen molar-refractivity contribution in [2.75, 3.05) is 0 Å². The van der Waals surface area contributed by atoms with Gasteiger partial charge in [0.05, 0.1) is 12.0 Å². The maximum absolute atomic E-state index is 12.2. The number of nitrogens with zero attached hydrogens (tertiary/aromatic N) is 3. The fourth-order valence-electron chi connectivity index (χ4n) is 1.69. The number of rotatable bonds is 3. The Morgan fingerprint density at radius 2 is 2.22 bits per heavy atom. The molecule has 0 aliphatic rings. The van der Waals surface area contributed by atoms with Gasteiger partial charge >= 0.3 is 0 Å². The summed E-state index contributed by atoms with van der Waals surface area (Å²) in [5.41, 5.74) is 1.41. The third-order valence-corrected chi connectivity index (χ3v) is 3.19. The summed E-state index contributed by atoms with van der Waals surface area (Å²) in [6.45, 7) is 4.79. The van der Waals surface area contributed by atoms with Crippen molar-refractivity contribution >= 4 is 15.9 Å². The van der Waals surface area contributed by atoms with Gasteiger partial charge in [-0.05, 0) is 34.0 Å². The van der Waals surface area contributed by atoms with Crippen LogP contribution in [0.15, 0.2) is 40.1 Å². The molecule has 2 rings (SSSR count). The van der Waals surface area contributed by atoms with Gasteiger partial charge in [0.25, 0.3) is 5.56 Å². The Bertz CT molecular complexity index is 593. The second kappa shape index (κ2) is 5.44. The minimum absolute atomic E-state index is 0.0578. The zero-order valence-electron chi connectivity index (χ0n) is 10.3.